The number of halogens is 1. The molecule has 0 heterocycles. The van der Waals surface area contributed by atoms with Crippen molar-refractivity contribution in [1.82, 2.24) is 10.2 Å². The molecule has 1 atom stereocenters. The van der Waals surface area contributed by atoms with Gasteiger partial charge in [0, 0.05) is 25.0 Å². The van der Waals surface area contributed by atoms with Crippen LogP contribution in [0, 0.1) is 6.92 Å². The van der Waals surface area contributed by atoms with Crippen LogP contribution in [0.25, 0.3) is 0 Å². The number of likely N-dealkylation sites (N-methyl/N-ethyl adjacent to an activating group) is 1. The fraction of sp³-hybridized carbons (Fsp3) is 0.188. The van der Waals surface area contributed by atoms with Crippen LogP contribution >= 0.6 is 11.6 Å². The number of amides is 2. The molecular weight excluding hydrogens is 558 g/mol. The number of carbonyl (C=O) groups excluding carboxylic acids is 2. The van der Waals surface area contributed by atoms with Crippen LogP contribution in [0.15, 0.2) is 114 Å². The Morgan fingerprint density at radius 2 is 1.39 bits per heavy atom. The lowest BCUT2D eigenvalue weighted by Gasteiger charge is -2.33. The van der Waals surface area contributed by atoms with E-state index < -0.39 is 28.5 Å². The zero-order chi connectivity index (χ0) is 29.4. The third-order valence-electron chi connectivity index (χ3n) is 6.72. The Morgan fingerprint density at radius 3 is 1.98 bits per heavy atom. The van der Waals surface area contributed by atoms with E-state index in [4.69, 9.17) is 11.6 Å². The number of benzene rings is 4. The molecule has 0 aliphatic rings. The van der Waals surface area contributed by atoms with Gasteiger partial charge >= 0.3 is 0 Å². The van der Waals surface area contributed by atoms with E-state index in [0.717, 1.165) is 21.0 Å². The zero-order valence-corrected chi connectivity index (χ0v) is 24.5. The molecule has 0 aliphatic heterocycles. The lowest BCUT2D eigenvalue weighted by atomic mass is 10.0. The summed E-state index contributed by atoms with van der Waals surface area (Å²) >= 11 is 6.09. The third-order valence-corrected chi connectivity index (χ3v) is 8.76. The highest BCUT2D eigenvalue weighted by molar-refractivity contribution is 7.92. The summed E-state index contributed by atoms with van der Waals surface area (Å²) in [6, 6.07) is 30.4. The molecule has 0 fully saturated rings. The van der Waals surface area contributed by atoms with Crippen molar-refractivity contribution in [2.45, 2.75) is 30.8 Å². The average molecular weight is 590 g/mol. The van der Waals surface area contributed by atoms with Crippen molar-refractivity contribution in [2.75, 3.05) is 17.9 Å². The molecule has 0 saturated heterocycles. The van der Waals surface area contributed by atoms with E-state index >= 15 is 0 Å². The Bertz CT molecular complexity index is 1560. The number of aryl methyl sites for hydroxylation is 1. The summed E-state index contributed by atoms with van der Waals surface area (Å²) in [5.41, 5.74) is 2.91. The van der Waals surface area contributed by atoms with Crippen molar-refractivity contribution in [3.05, 3.63) is 131 Å². The minimum atomic E-state index is -4.12. The molecule has 9 heteroatoms. The van der Waals surface area contributed by atoms with Crippen molar-refractivity contribution >= 4 is 39.1 Å². The minimum Gasteiger partial charge on any atom is -0.357 e. The van der Waals surface area contributed by atoms with Crippen LogP contribution in [-0.2, 0) is 32.6 Å². The highest BCUT2D eigenvalue weighted by Gasteiger charge is 2.34. The lowest BCUT2D eigenvalue weighted by Crippen LogP contribution is -2.53. The molecule has 1 N–H and O–H groups in total. The zero-order valence-electron chi connectivity index (χ0n) is 22.9. The predicted molar refractivity (Wildman–Crippen MR) is 162 cm³/mol. The molecule has 0 bridgehead atoms. The van der Waals surface area contributed by atoms with Gasteiger partial charge in [-0.25, -0.2) is 8.42 Å². The summed E-state index contributed by atoms with van der Waals surface area (Å²) < 4.78 is 28.9. The SMILES string of the molecule is CNC(=O)C(Cc1ccccc1)N(Cc1ccc(Cl)cc1)C(=O)CN(c1ccc(C)cc1)S(=O)(=O)c1ccccc1. The number of nitrogens with zero attached hydrogens (tertiary/aromatic N) is 2. The molecule has 212 valence electrons. The first kappa shape index (κ1) is 29.8. The van der Waals surface area contributed by atoms with Crippen LogP contribution in [0.3, 0.4) is 0 Å². The predicted octanol–water partition coefficient (Wildman–Crippen LogP) is 5.23. The molecule has 4 rings (SSSR count). The number of rotatable bonds is 11. The summed E-state index contributed by atoms with van der Waals surface area (Å²) in [4.78, 5) is 29.0. The normalized spacial score (nSPS) is 11.9. The Kier molecular flexibility index (Phi) is 9.81. The summed E-state index contributed by atoms with van der Waals surface area (Å²) in [5, 5.41) is 3.22. The van der Waals surface area contributed by atoms with Crippen LogP contribution < -0.4 is 9.62 Å². The fourth-order valence-corrected chi connectivity index (χ4v) is 6.03. The van der Waals surface area contributed by atoms with E-state index in [-0.39, 0.29) is 23.8 Å². The highest BCUT2D eigenvalue weighted by Crippen LogP contribution is 2.25. The number of hydrogen-bond acceptors (Lipinski definition) is 4. The molecular formula is C32H32ClN3O4S. The van der Waals surface area contributed by atoms with E-state index in [1.807, 2.05) is 37.3 Å². The Morgan fingerprint density at radius 1 is 0.805 bits per heavy atom. The van der Waals surface area contributed by atoms with E-state index in [9.17, 15) is 18.0 Å². The molecule has 4 aromatic rings. The summed E-state index contributed by atoms with van der Waals surface area (Å²) in [6.45, 7) is 1.47. The summed E-state index contributed by atoms with van der Waals surface area (Å²) in [7, 11) is -2.60. The van der Waals surface area contributed by atoms with Gasteiger partial charge in [0.05, 0.1) is 10.6 Å². The molecule has 1 unspecified atom stereocenters. The van der Waals surface area contributed by atoms with Gasteiger partial charge in [-0.15, -0.1) is 0 Å². The smallest absolute Gasteiger partial charge is 0.264 e. The molecule has 2 amide bonds. The van der Waals surface area contributed by atoms with Gasteiger partial charge in [0.1, 0.15) is 12.6 Å². The average Bonchev–Trinajstić information content (AvgIpc) is 2.99. The van der Waals surface area contributed by atoms with Gasteiger partial charge in [0.15, 0.2) is 0 Å². The van der Waals surface area contributed by atoms with Crippen molar-refractivity contribution in [1.29, 1.82) is 0 Å². The van der Waals surface area contributed by atoms with E-state index in [2.05, 4.69) is 5.32 Å². The molecule has 0 aliphatic carbocycles. The number of nitrogens with one attached hydrogen (secondary N) is 1. The fourth-order valence-electron chi connectivity index (χ4n) is 4.47. The van der Waals surface area contributed by atoms with Gasteiger partial charge in [-0.2, -0.15) is 0 Å². The topological polar surface area (TPSA) is 86.8 Å². The van der Waals surface area contributed by atoms with Gasteiger partial charge in [0.25, 0.3) is 10.0 Å². The second-order valence-corrected chi connectivity index (χ2v) is 11.9. The maximum Gasteiger partial charge on any atom is 0.264 e. The maximum absolute atomic E-state index is 14.2. The minimum absolute atomic E-state index is 0.0600. The van der Waals surface area contributed by atoms with Crippen molar-refractivity contribution in [3.63, 3.8) is 0 Å². The highest BCUT2D eigenvalue weighted by atomic mass is 35.5. The molecule has 41 heavy (non-hydrogen) atoms. The van der Waals surface area contributed by atoms with Crippen molar-refractivity contribution in [3.8, 4) is 0 Å². The van der Waals surface area contributed by atoms with Crippen LogP contribution in [0.4, 0.5) is 5.69 Å². The summed E-state index contributed by atoms with van der Waals surface area (Å²) in [6.07, 6.45) is 0.246. The number of anilines is 1. The van der Waals surface area contributed by atoms with Crippen LogP contribution in [-0.4, -0.2) is 44.8 Å². The van der Waals surface area contributed by atoms with Gasteiger partial charge in [-0.1, -0.05) is 90.0 Å². The van der Waals surface area contributed by atoms with Crippen molar-refractivity contribution in [2.24, 2.45) is 0 Å². The van der Waals surface area contributed by atoms with Gasteiger partial charge < -0.3 is 10.2 Å². The molecule has 0 radical (unpaired) electrons. The van der Waals surface area contributed by atoms with E-state index in [0.29, 0.717) is 10.7 Å². The molecule has 0 aromatic heterocycles. The van der Waals surface area contributed by atoms with E-state index in [1.54, 1.807) is 66.7 Å². The first-order valence-electron chi connectivity index (χ1n) is 13.1. The number of carbonyl (C=O) groups is 2. The van der Waals surface area contributed by atoms with Gasteiger partial charge in [-0.05, 0) is 54.4 Å². The van der Waals surface area contributed by atoms with Gasteiger partial charge in [-0.3, -0.25) is 13.9 Å². The van der Waals surface area contributed by atoms with Crippen LogP contribution in [0.5, 0.6) is 0 Å². The second kappa shape index (κ2) is 13.5. The monoisotopic (exact) mass is 589 g/mol. The molecule has 7 nitrogen and oxygen atoms in total. The quantitative estimate of drug-likeness (QED) is 0.260. The third kappa shape index (κ3) is 7.54. The van der Waals surface area contributed by atoms with Gasteiger partial charge in [0.2, 0.25) is 11.8 Å². The number of sulfonamides is 1. The second-order valence-electron chi connectivity index (χ2n) is 9.63. The standard InChI is InChI=1S/C32H32ClN3O4S/c1-24-13-19-28(20-14-24)36(41(39,40)29-11-7-4-8-12-29)23-31(37)35(22-26-15-17-27(33)18-16-26)30(32(38)34-2)21-25-9-5-3-6-10-25/h3-20,30H,21-23H2,1-2H3,(H,34,38). The lowest BCUT2D eigenvalue weighted by molar-refractivity contribution is -0.139. The Hall–Kier alpha value is -4.14. The van der Waals surface area contributed by atoms with Crippen LogP contribution in [0.2, 0.25) is 5.02 Å². The van der Waals surface area contributed by atoms with E-state index in [1.165, 1.54) is 24.1 Å². The largest absolute Gasteiger partial charge is 0.357 e. The molecule has 4 aromatic carbocycles. The maximum atomic E-state index is 14.2. The Labute approximate surface area is 246 Å². The number of hydrogen-bond donors (Lipinski definition) is 1. The summed E-state index contributed by atoms with van der Waals surface area (Å²) in [5.74, 6) is -0.881. The first-order valence-corrected chi connectivity index (χ1v) is 14.9. The van der Waals surface area contributed by atoms with Crippen LogP contribution in [0.1, 0.15) is 16.7 Å². The molecule has 0 saturated carbocycles. The first-order chi connectivity index (χ1) is 19.7. The molecule has 0 spiro atoms. The van der Waals surface area contributed by atoms with Crippen molar-refractivity contribution < 1.29 is 18.0 Å². The Balaban J connectivity index is 1.77.